The Bertz CT molecular complexity index is 4110. The van der Waals surface area contributed by atoms with Crippen LogP contribution in [0.15, 0.2) is 280 Å². The maximum absolute atomic E-state index is 16.1. The summed E-state index contributed by atoms with van der Waals surface area (Å²) >= 11 is 1.62. The number of hydrogen-bond donors (Lipinski definition) is 0. The van der Waals surface area contributed by atoms with Crippen LogP contribution in [0.3, 0.4) is 0 Å². The molecule has 0 saturated carbocycles. The summed E-state index contributed by atoms with van der Waals surface area (Å²) in [7, 11) is -2.69. The van der Waals surface area contributed by atoms with Crippen molar-refractivity contribution in [2.75, 3.05) is 4.90 Å². The number of hydrogen-bond acceptors (Lipinski definition) is 5. The van der Waals surface area contributed by atoms with Crippen molar-refractivity contribution in [3.05, 3.63) is 315 Å². The maximum Gasteiger partial charge on any atom is 0.437 e. The first-order chi connectivity index (χ1) is 42.4. The highest BCUT2D eigenvalue weighted by Crippen LogP contribution is 2.57. The fourth-order valence-electron chi connectivity index (χ4n) is 13.4. The average molecular weight is 1190 g/mol. The van der Waals surface area contributed by atoms with Gasteiger partial charge in [-0.15, -0.1) is 0 Å². The van der Waals surface area contributed by atoms with Gasteiger partial charge < -0.3 is 9.64 Å². The number of ether oxygens (including phenoxy) is 1. The Kier molecular flexibility index (Phi) is 17.0. The van der Waals surface area contributed by atoms with E-state index in [2.05, 4.69) is 203 Å². The molecule has 3 aliphatic rings. The molecular weight excluding hydrogens is 1130 g/mol. The summed E-state index contributed by atoms with van der Waals surface area (Å²) in [6.07, 6.45) is 6.28. The number of alkyl halides is 3. The standard InChI is InChI=1S/C78H67F3N4OSSi/c1-54-46-72-68(55(2)48-76(5,6)85(72)53-56-36-44-67(45-37-56)88(64-29-17-10-18-30-64,65-31-19-11-20-32-65)66-33-21-12-22-34-66)47-59(54)38-39-61-50-75(3,4)49-60(74(61)87-63-27-15-9-16-28-63)26-23-35-70-69(51-82)73(71(52-83)84-7)86-77(70,78(79,80)81)62-42-40-58(41-43-62)57-24-13-8-14-25-57/h8-47,55H,48-50,53H2,1-6H3/b35-23+,39-38+,60-26+,73-71-. The third kappa shape index (κ3) is 11.6. The number of nitrogens with zero attached hydrogens (tertiary/aromatic N) is 4. The maximum atomic E-state index is 16.1. The van der Waals surface area contributed by atoms with Gasteiger partial charge in [-0.1, -0.05) is 251 Å². The van der Waals surface area contributed by atoms with Crippen LogP contribution in [0.1, 0.15) is 87.6 Å². The van der Waals surface area contributed by atoms with E-state index in [1.807, 2.05) is 60.7 Å². The van der Waals surface area contributed by atoms with Gasteiger partial charge in [0.15, 0.2) is 13.8 Å². The molecule has 0 saturated heterocycles. The van der Waals surface area contributed by atoms with Gasteiger partial charge in [-0.05, 0) is 141 Å². The highest BCUT2D eigenvalue weighted by atomic mass is 32.2. The summed E-state index contributed by atoms with van der Waals surface area (Å²) < 4.78 is 54.3. The third-order valence-electron chi connectivity index (χ3n) is 17.5. The van der Waals surface area contributed by atoms with Crippen LogP contribution < -0.4 is 25.6 Å². The van der Waals surface area contributed by atoms with Crippen LogP contribution >= 0.6 is 11.8 Å². The lowest BCUT2D eigenvalue weighted by atomic mass is 9.74. The fourth-order valence-corrected chi connectivity index (χ4v) is 19.2. The number of aryl methyl sites for hydroxylation is 1. The number of rotatable bonds is 14. The number of allylic oxidation sites excluding steroid dienone is 7. The number of benzene rings is 8. The van der Waals surface area contributed by atoms with Crippen molar-refractivity contribution in [1.82, 2.24) is 0 Å². The lowest BCUT2D eigenvalue weighted by molar-refractivity contribution is -0.249. The molecule has 2 aliphatic heterocycles. The van der Waals surface area contributed by atoms with Gasteiger partial charge in [0.2, 0.25) is 0 Å². The van der Waals surface area contributed by atoms with E-state index in [0.717, 1.165) is 57.0 Å². The van der Waals surface area contributed by atoms with Crippen molar-refractivity contribution in [2.45, 2.75) is 95.5 Å². The fraction of sp³-hybridized carbons (Fsp3) is 0.192. The molecule has 1 aliphatic carbocycles. The first kappa shape index (κ1) is 60.3. The smallest absolute Gasteiger partial charge is 0.437 e. The normalized spacial score (nSPS) is 19.3. The van der Waals surface area contributed by atoms with E-state index < -0.39 is 42.5 Å². The summed E-state index contributed by atoms with van der Waals surface area (Å²) in [5, 5.41) is 26.0. The molecule has 0 spiro atoms. The molecule has 0 aromatic heterocycles. The van der Waals surface area contributed by atoms with Crippen LogP contribution in [0.4, 0.5) is 18.9 Å². The van der Waals surface area contributed by atoms with Crippen LogP contribution in [0.5, 0.6) is 0 Å². The second-order valence-electron chi connectivity index (χ2n) is 24.5. The Labute approximate surface area is 521 Å². The third-order valence-corrected chi connectivity index (χ3v) is 23.5. The zero-order chi connectivity index (χ0) is 61.8. The van der Waals surface area contributed by atoms with Crippen molar-refractivity contribution in [3.8, 4) is 23.3 Å². The van der Waals surface area contributed by atoms with Crippen molar-refractivity contribution >= 4 is 52.3 Å². The Morgan fingerprint density at radius 3 is 1.80 bits per heavy atom. The minimum absolute atomic E-state index is 0.138. The predicted molar refractivity (Wildman–Crippen MR) is 356 cm³/mol. The zero-order valence-corrected chi connectivity index (χ0v) is 52.1. The average Bonchev–Trinajstić information content (AvgIpc) is 1.46. The Morgan fingerprint density at radius 1 is 0.705 bits per heavy atom. The minimum Gasteiger partial charge on any atom is -0.477 e. The first-order valence-electron chi connectivity index (χ1n) is 29.7. The molecule has 5 nitrogen and oxygen atoms in total. The van der Waals surface area contributed by atoms with E-state index in [1.54, 1.807) is 36.0 Å². The van der Waals surface area contributed by atoms with Gasteiger partial charge in [0.1, 0.15) is 6.07 Å². The van der Waals surface area contributed by atoms with E-state index in [9.17, 15) is 10.5 Å². The van der Waals surface area contributed by atoms with E-state index in [0.29, 0.717) is 12.0 Å². The van der Waals surface area contributed by atoms with Gasteiger partial charge in [-0.2, -0.15) is 18.4 Å². The molecule has 11 rings (SSSR count). The second kappa shape index (κ2) is 24.8. The van der Waals surface area contributed by atoms with E-state index in [1.165, 1.54) is 55.8 Å². The topological polar surface area (TPSA) is 64.4 Å². The molecule has 436 valence electrons. The van der Waals surface area contributed by atoms with E-state index in [4.69, 9.17) is 11.3 Å². The molecule has 0 radical (unpaired) electrons. The quantitative estimate of drug-likeness (QED) is 0.0470. The number of thioether (sulfide) groups is 1. The molecule has 2 atom stereocenters. The number of fused-ring (bicyclic) bond motifs is 1. The van der Waals surface area contributed by atoms with Crippen molar-refractivity contribution in [3.63, 3.8) is 0 Å². The molecule has 10 heteroatoms. The summed E-state index contributed by atoms with van der Waals surface area (Å²) in [6.45, 7) is 22.1. The molecule has 0 N–H and O–H groups in total. The molecule has 8 aromatic carbocycles. The van der Waals surface area contributed by atoms with Crippen LogP contribution in [0.25, 0.3) is 22.0 Å². The van der Waals surface area contributed by atoms with Crippen LogP contribution in [-0.4, -0.2) is 19.8 Å². The monoisotopic (exact) mass is 1190 g/mol. The number of anilines is 1. The van der Waals surface area contributed by atoms with Crippen LogP contribution in [0.2, 0.25) is 0 Å². The van der Waals surface area contributed by atoms with Crippen molar-refractivity contribution in [1.29, 1.82) is 10.5 Å². The van der Waals surface area contributed by atoms with Gasteiger partial charge in [-0.25, -0.2) is 10.1 Å². The minimum atomic E-state index is -5.14. The van der Waals surface area contributed by atoms with Gasteiger partial charge >= 0.3 is 11.9 Å². The van der Waals surface area contributed by atoms with Crippen LogP contribution in [-0.2, 0) is 16.9 Å². The van der Waals surface area contributed by atoms with Gasteiger partial charge in [0.05, 0.1) is 18.2 Å². The second-order valence-corrected chi connectivity index (χ2v) is 29.4. The number of nitriles is 2. The highest BCUT2D eigenvalue weighted by Gasteiger charge is 2.65. The largest absolute Gasteiger partial charge is 0.477 e. The van der Waals surface area contributed by atoms with Crippen molar-refractivity contribution in [2.24, 2.45) is 5.41 Å². The molecule has 0 fully saturated rings. The lowest BCUT2D eigenvalue weighted by Gasteiger charge is -2.48. The van der Waals surface area contributed by atoms with Gasteiger partial charge in [0, 0.05) is 38.7 Å². The Morgan fingerprint density at radius 2 is 1.25 bits per heavy atom. The van der Waals surface area contributed by atoms with E-state index in [-0.39, 0.29) is 22.4 Å². The molecule has 0 amide bonds. The zero-order valence-electron chi connectivity index (χ0n) is 50.2. The molecule has 8 aromatic rings. The van der Waals surface area contributed by atoms with Gasteiger partial charge in [-0.3, -0.25) is 0 Å². The predicted octanol–water partition coefficient (Wildman–Crippen LogP) is 17.7. The summed E-state index contributed by atoms with van der Waals surface area (Å²) in [5.41, 5.74) is 3.82. The summed E-state index contributed by atoms with van der Waals surface area (Å²) in [5.74, 6) is -0.415. The highest BCUT2D eigenvalue weighted by molar-refractivity contribution is 8.03. The molecule has 0 bridgehead atoms. The summed E-state index contributed by atoms with van der Waals surface area (Å²) in [4.78, 5) is 7.79. The molecule has 2 unspecified atom stereocenters. The van der Waals surface area contributed by atoms with Gasteiger partial charge in [0.25, 0.3) is 5.60 Å². The molecular formula is C78H67F3N4OSSi. The Hall–Kier alpha value is -9.37. The van der Waals surface area contributed by atoms with Crippen LogP contribution in [0, 0.1) is 41.6 Å². The summed E-state index contributed by atoms with van der Waals surface area (Å²) in [6, 6.07) is 76.0. The van der Waals surface area contributed by atoms with Crippen molar-refractivity contribution < 1.29 is 17.9 Å². The Balaban J connectivity index is 0.958. The number of halogens is 3. The van der Waals surface area contributed by atoms with E-state index >= 15 is 13.2 Å². The molecule has 2 heterocycles. The molecule has 88 heavy (non-hydrogen) atoms. The lowest BCUT2D eigenvalue weighted by Crippen LogP contribution is -2.74. The SMILES string of the molecule is [C-]#[N+]/C(C#N)=C1\OC(c2ccc(-c3ccccc3)cc2)(C(F)(F)F)C(/C=C/C=C2\CC(C)(C)CC(/C=C/c3cc4c(cc3C)N(Cc3ccc([Si](c5ccccc5)(c5ccccc5)c5ccccc5)cc3)C(C)(C)CC4C)=C2Sc2ccccc2)=C1C#N. The first-order valence-corrected chi connectivity index (χ1v) is 32.5.